The third kappa shape index (κ3) is 8.33. The van der Waals surface area contributed by atoms with Crippen molar-refractivity contribution < 1.29 is 20.8 Å². The number of benzene rings is 4. The van der Waals surface area contributed by atoms with Gasteiger partial charge in [-0.05, 0) is 32.6 Å². The Hall–Kier alpha value is -1.36. The SMILES string of the molecule is C[Si]C.[Cl][Zr+2][Cl].[c-]1cccc(-p2ccc3ccccc32)c1.[c-]1cccc(-p2ccc3ccccc32)c1. The van der Waals surface area contributed by atoms with Crippen molar-refractivity contribution in [3.63, 3.8) is 0 Å². The van der Waals surface area contributed by atoms with Gasteiger partial charge in [0.05, 0.1) is 0 Å². The summed E-state index contributed by atoms with van der Waals surface area (Å²) in [4.78, 5) is 0. The summed E-state index contributed by atoms with van der Waals surface area (Å²) in [7, 11) is 10.4. The second-order valence-electron chi connectivity index (χ2n) is 7.58. The van der Waals surface area contributed by atoms with E-state index in [0.29, 0.717) is 0 Å². The van der Waals surface area contributed by atoms with Crippen molar-refractivity contribution >= 4 is 62.6 Å². The van der Waals surface area contributed by atoms with Crippen LogP contribution < -0.4 is 0 Å². The summed E-state index contributed by atoms with van der Waals surface area (Å²) in [6.07, 6.45) is 0. The van der Waals surface area contributed by atoms with Crippen LogP contribution in [0.2, 0.25) is 13.1 Å². The monoisotopic (exact) mass is 636 g/mol. The number of hydrogen-bond acceptors (Lipinski definition) is 0. The fourth-order valence-electron chi connectivity index (χ4n) is 3.68. The largest absolute Gasteiger partial charge is 0.183 e. The third-order valence-electron chi connectivity index (χ3n) is 5.14. The van der Waals surface area contributed by atoms with Gasteiger partial charge in [0.15, 0.2) is 0 Å². The normalized spacial score (nSPS) is 10.7. The third-order valence-corrected chi connectivity index (χ3v) is 9.55. The molecule has 2 atom stereocenters. The van der Waals surface area contributed by atoms with Crippen molar-refractivity contribution in [3.8, 4) is 10.6 Å². The van der Waals surface area contributed by atoms with E-state index in [1.165, 1.54) is 31.6 Å². The molecule has 178 valence electrons. The molecule has 2 aromatic heterocycles. The predicted molar refractivity (Wildman–Crippen MR) is 163 cm³/mol. The Morgan fingerprint density at radius 2 is 1.00 bits per heavy atom. The molecule has 0 amide bonds. The van der Waals surface area contributed by atoms with Crippen molar-refractivity contribution in [2.45, 2.75) is 13.1 Å². The molecule has 0 aliphatic rings. The van der Waals surface area contributed by atoms with Gasteiger partial charge in [-0.2, -0.15) is 60.7 Å². The number of halogens is 2. The van der Waals surface area contributed by atoms with Crippen LogP contribution in [0.25, 0.3) is 31.6 Å². The maximum atomic E-state index is 4.93. The zero-order valence-electron chi connectivity index (χ0n) is 20.2. The molecule has 0 nitrogen and oxygen atoms in total. The maximum Gasteiger partial charge on any atom is -0.00603 e. The molecule has 0 fully saturated rings. The van der Waals surface area contributed by atoms with Gasteiger partial charge >= 0.3 is 37.9 Å². The van der Waals surface area contributed by atoms with E-state index in [4.69, 9.17) is 17.0 Å². The van der Waals surface area contributed by atoms with E-state index in [0.717, 1.165) is 9.52 Å². The molecular formula is C30H26Cl2P2SiZr. The molecule has 4 aromatic carbocycles. The second kappa shape index (κ2) is 16.5. The first-order chi connectivity index (χ1) is 17.7. The first kappa shape index (κ1) is 29.2. The van der Waals surface area contributed by atoms with Gasteiger partial charge in [0.1, 0.15) is 0 Å². The van der Waals surface area contributed by atoms with E-state index >= 15 is 0 Å². The zero-order valence-corrected chi connectivity index (χ0v) is 27.0. The van der Waals surface area contributed by atoms with E-state index in [-0.39, 0.29) is 15.1 Å². The van der Waals surface area contributed by atoms with Gasteiger partial charge in [-0.3, -0.25) is 0 Å². The van der Waals surface area contributed by atoms with E-state index in [1.807, 2.05) is 12.1 Å². The van der Waals surface area contributed by atoms with Gasteiger partial charge in [0.2, 0.25) is 0 Å². The van der Waals surface area contributed by atoms with E-state index in [9.17, 15) is 0 Å². The molecule has 0 aliphatic carbocycles. The van der Waals surface area contributed by atoms with Crippen LogP contribution in [0.15, 0.2) is 121 Å². The molecule has 6 heteroatoms. The number of hydrogen-bond donors (Lipinski definition) is 0. The van der Waals surface area contributed by atoms with Crippen LogP contribution >= 0.6 is 32.1 Å². The molecule has 0 saturated heterocycles. The summed E-state index contributed by atoms with van der Waals surface area (Å²) < 4.78 is 0. The standard InChI is InChI=1S/2C14H10P.C2H6Si.2ClH.Zr/c2*1-2-7-13(8-3-1)15-11-10-12-6-4-5-9-14(12)15;1-3-2;;;/h2*1-2,4-11H;1-2H3;2*1H;/q2*-1;;;;+4/p-2. The van der Waals surface area contributed by atoms with Gasteiger partial charge in [-0.25, -0.2) is 0 Å². The zero-order chi connectivity index (χ0) is 25.6. The molecule has 6 rings (SSSR count). The Labute approximate surface area is 238 Å². The van der Waals surface area contributed by atoms with Crippen LogP contribution in [0.1, 0.15) is 0 Å². The Bertz CT molecular complexity index is 1320. The molecular weight excluding hydrogens is 612 g/mol. The summed E-state index contributed by atoms with van der Waals surface area (Å²) in [5.41, 5.74) is 0. The van der Waals surface area contributed by atoms with Crippen LogP contribution in [0.3, 0.4) is 0 Å². The van der Waals surface area contributed by atoms with Gasteiger partial charge in [0, 0.05) is 9.52 Å². The van der Waals surface area contributed by atoms with Gasteiger partial charge in [-0.1, -0.05) is 73.8 Å². The average molecular weight is 639 g/mol. The van der Waals surface area contributed by atoms with Crippen LogP contribution in [-0.4, -0.2) is 9.52 Å². The number of rotatable bonds is 2. The molecule has 0 N–H and O–H groups in total. The predicted octanol–water partition coefficient (Wildman–Crippen LogP) is 11.4. The smallest absolute Gasteiger partial charge is 0.00603 e. The van der Waals surface area contributed by atoms with E-state index in [2.05, 4.69) is 134 Å². The summed E-state index contributed by atoms with van der Waals surface area (Å²) >= 11 is -0.826. The van der Waals surface area contributed by atoms with Crippen molar-refractivity contribution in [3.05, 3.63) is 133 Å². The van der Waals surface area contributed by atoms with Crippen molar-refractivity contribution in [2.75, 3.05) is 0 Å². The minimum absolute atomic E-state index is 0.268. The molecule has 0 saturated carbocycles. The maximum absolute atomic E-state index is 4.93. The summed E-state index contributed by atoms with van der Waals surface area (Å²) in [6.45, 7) is 4.31. The van der Waals surface area contributed by atoms with Gasteiger partial charge in [0.25, 0.3) is 0 Å². The second-order valence-corrected chi connectivity index (χ2v) is 16.4. The molecule has 2 heterocycles. The minimum atomic E-state index is -0.826. The Kier molecular flexibility index (Phi) is 13.4. The van der Waals surface area contributed by atoms with E-state index < -0.39 is 20.8 Å². The summed E-state index contributed by atoms with van der Waals surface area (Å²) in [5.74, 6) is 4.65. The summed E-state index contributed by atoms with van der Waals surface area (Å²) in [5, 5.41) is 8.43. The molecule has 6 aromatic rings. The molecule has 0 bridgehead atoms. The first-order valence-electron chi connectivity index (χ1n) is 11.3. The Morgan fingerprint density at radius 1 is 0.611 bits per heavy atom. The molecule has 2 unspecified atom stereocenters. The van der Waals surface area contributed by atoms with Crippen LogP contribution in [-0.2, 0) is 20.8 Å². The Balaban J connectivity index is 0.000000165. The summed E-state index contributed by atoms with van der Waals surface area (Å²) in [6, 6.07) is 44.6. The van der Waals surface area contributed by atoms with Crippen LogP contribution in [0, 0.1) is 12.1 Å². The van der Waals surface area contributed by atoms with E-state index in [1.54, 1.807) is 0 Å². The molecule has 0 spiro atoms. The first-order valence-corrected chi connectivity index (χ1v) is 22.5. The molecule has 2 radical (unpaired) electrons. The molecule has 36 heavy (non-hydrogen) atoms. The minimum Gasteiger partial charge on any atom is -0.183 e. The fourth-order valence-corrected chi connectivity index (χ4v) is 7.79. The average Bonchev–Trinajstić information content (AvgIpc) is 3.56. The Morgan fingerprint density at radius 3 is 1.36 bits per heavy atom. The fraction of sp³-hybridized carbons (Fsp3) is 0.0667. The van der Waals surface area contributed by atoms with Crippen molar-refractivity contribution in [2.24, 2.45) is 0 Å². The van der Waals surface area contributed by atoms with Crippen molar-refractivity contribution in [1.82, 2.24) is 0 Å². The topological polar surface area (TPSA) is 0 Å². The quantitative estimate of drug-likeness (QED) is 0.131. The van der Waals surface area contributed by atoms with Gasteiger partial charge < -0.3 is 0 Å². The van der Waals surface area contributed by atoms with Crippen LogP contribution in [0.5, 0.6) is 0 Å². The number of fused-ring (bicyclic) bond motifs is 2. The van der Waals surface area contributed by atoms with Crippen molar-refractivity contribution in [1.29, 1.82) is 0 Å². The van der Waals surface area contributed by atoms with Gasteiger partial charge in [-0.15, -0.1) is 25.7 Å². The molecule has 0 aliphatic heterocycles. The van der Waals surface area contributed by atoms with Crippen LogP contribution in [0.4, 0.5) is 0 Å².